The van der Waals surface area contributed by atoms with E-state index in [0.29, 0.717) is 24.5 Å². The molecule has 104 valence electrons. The molecule has 0 unspecified atom stereocenters. The molecule has 1 aromatic carbocycles. The van der Waals surface area contributed by atoms with Crippen LogP contribution in [0.1, 0.15) is 16.8 Å². The highest BCUT2D eigenvalue weighted by molar-refractivity contribution is 5.42. The van der Waals surface area contributed by atoms with Gasteiger partial charge in [-0.3, -0.25) is 4.90 Å². The molecule has 3 rings (SSSR count). The van der Waals surface area contributed by atoms with Gasteiger partial charge in [0, 0.05) is 36.8 Å². The Balaban J connectivity index is 1.77. The van der Waals surface area contributed by atoms with Crippen molar-refractivity contribution in [2.75, 3.05) is 12.3 Å². The first-order valence-electron chi connectivity index (χ1n) is 6.38. The van der Waals surface area contributed by atoms with Gasteiger partial charge in [-0.1, -0.05) is 6.07 Å². The first kappa shape index (κ1) is 12.9. The van der Waals surface area contributed by atoms with E-state index in [1.165, 1.54) is 18.5 Å². The predicted molar refractivity (Wildman–Crippen MR) is 70.6 cm³/mol. The minimum atomic E-state index is -0.559. The number of benzene rings is 1. The van der Waals surface area contributed by atoms with Crippen molar-refractivity contribution in [1.82, 2.24) is 14.9 Å². The van der Waals surface area contributed by atoms with Gasteiger partial charge in [-0.2, -0.15) is 0 Å². The number of rotatable bonds is 2. The van der Waals surface area contributed by atoms with Crippen LogP contribution in [0, 0.1) is 11.6 Å². The number of nitrogens with two attached hydrogens (primary N) is 1. The summed E-state index contributed by atoms with van der Waals surface area (Å²) in [5.74, 6) is -0.559. The van der Waals surface area contributed by atoms with Gasteiger partial charge < -0.3 is 5.73 Å². The summed E-state index contributed by atoms with van der Waals surface area (Å²) < 4.78 is 26.5. The van der Waals surface area contributed by atoms with Gasteiger partial charge in [-0.25, -0.2) is 18.7 Å². The number of nitrogens with zero attached hydrogens (tertiary/aromatic N) is 3. The molecule has 0 fully saturated rings. The van der Waals surface area contributed by atoms with Crippen LogP contribution in [0.15, 0.2) is 24.5 Å². The highest BCUT2D eigenvalue weighted by Crippen LogP contribution is 2.22. The van der Waals surface area contributed by atoms with Crippen molar-refractivity contribution in [3.63, 3.8) is 0 Å². The fourth-order valence-corrected chi connectivity index (χ4v) is 2.46. The maximum absolute atomic E-state index is 13.7. The zero-order valence-electron chi connectivity index (χ0n) is 10.8. The molecule has 2 N–H and O–H groups in total. The molecular weight excluding hydrogens is 262 g/mol. The zero-order valence-corrected chi connectivity index (χ0v) is 10.8. The van der Waals surface area contributed by atoms with Gasteiger partial charge in [-0.05, 0) is 12.5 Å². The van der Waals surface area contributed by atoms with Crippen LogP contribution in [0.2, 0.25) is 0 Å². The van der Waals surface area contributed by atoms with Crippen LogP contribution < -0.4 is 5.73 Å². The van der Waals surface area contributed by atoms with Crippen LogP contribution in [0.3, 0.4) is 0 Å². The van der Waals surface area contributed by atoms with E-state index in [-0.39, 0.29) is 0 Å². The molecule has 0 amide bonds. The molecule has 6 heteroatoms. The molecule has 0 radical (unpaired) electrons. The topological polar surface area (TPSA) is 55.0 Å². The SMILES string of the molecule is Nc1ncnc2c1CCN(Cc1ccc(F)cc1F)C2. The average Bonchev–Trinajstić information content (AvgIpc) is 2.42. The minimum Gasteiger partial charge on any atom is -0.383 e. The lowest BCUT2D eigenvalue weighted by atomic mass is 10.0. The van der Waals surface area contributed by atoms with Crippen molar-refractivity contribution < 1.29 is 8.78 Å². The summed E-state index contributed by atoms with van der Waals surface area (Å²) in [7, 11) is 0. The standard InChI is InChI=1S/C14H14F2N4/c15-10-2-1-9(12(16)5-10)6-20-4-3-11-13(7-20)18-8-19-14(11)17/h1-2,5,8H,3-4,6-7H2,(H2,17,18,19). The van der Waals surface area contributed by atoms with Crippen molar-refractivity contribution in [3.05, 3.63) is 53.0 Å². The number of halogens is 2. The van der Waals surface area contributed by atoms with Crippen LogP contribution >= 0.6 is 0 Å². The molecule has 1 aliphatic rings. The van der Waals surface area contributed by atoms with Gasteiger partial charge in [0.1, 0.15) is 23.8 Å². The lowest BCUT2D eigenvalue weighted by Crippen LogP contribution is -2.31. The quantitative estimate of drug-likeness (QED) is 0.910. The summed E-state index contributed by atoms with van der Waals surface area (Å²) in [5.41, 5.74) is 8.15. The highest BCUT2D eigenvalue weighted by atomic mass is 19.1. The van der Waals surface area contributed by atoms with E-state index in [4.69, 9.17) is 5.73 Å². The zero-order chi connectivity index (χ0) is 14.1. The van der Waals surface area contributed by atoms with Gasteiger partial charge in [0.05, 0.1) is 5.69 Å². The Morgan fingerprint density at radius 2 is 2.10 bits per heavy atom. The summed E-state index contributed by atoms with van der Waals surface area (Å²) in [5, 5.41) is 0. The number of fused-ring (bicyclic) bond motifs is 1. The van der Waals surface area contributed by atoms with Crippen molar-refractivity contribution in [2.24, 2.45) is 0 Å². The molecule has 1 aliphatic heterocycles. The lowest BCUT2D eigenvalue weighted by Gasteiger charge is -2.28. The Labute approximate surface area is 115 Å². The van der Waals surface area contributed by atoms with Crippen LogP contribution in [0.5, 0.6) is 0 Å². The predicted octanol–water partition coefficient (Wildman–Crippen LogP) is 1.90. The number of nitrogen functional groups attached to an aromatic ring is 1. The first-order chi connectivity index (χ1) is 9.63. The van der Waals surface area contributed by atoms with Crippen molar-refractivity contribution in [2.45, 2.75) is 19.5 Å². The Morgan fingerprint density at radius 3 is 2.90 bits per heavy atom. The maximum atomic E-state index is 13.7. The molecule has 0 atom stereocenters. The van der Waals surface area contributed by atoms with E-state index in [1.807, 2.05) is 0 Å². The Hall–Kier alpha value is -2.08. The van der Waals surface area contributed by atoms with Gasteiger partial charge in [-0.15, -0.1) is 0 Å². The third-order valence-electron chi connectivity index (χ3n) is 3.53. The van der Waals surface area contributed by atoms with Crippen LogP contribution in [-0.2, 0) is 19.5 Å². The molecular formula is C14H14F2N4. The smallest absolute Gasteiger partial charge is 0.130 e. The second-order valence-electron chi connectivity index (χ2n) is 4.88. The summed E-state index contributed by atoms with van der Waals surface area (Å²) in [4.78, 5) is 10.3. The summed E-state index contributed by atoms with van der Waals surface area (Å²) in [6.07, 6.45) is 2.18. The molecule has 0 aliphatic carbocycles. The lowest BCUT2D eigenvalue weighted by molar-refractivity contribution is 0.238. The molecule has 0 bridgehead atoms. The van der Waals surface area contributed by atoms with Crippen LogP contribution in [0.25, 0.3) is 0 Å². The van der Waals surface area contributed by atoms with E-state index < -0.39 is 11.6 Å². The second kappa shape index (κ2) is 5.13. The molecule has 0 saturated heterocycles. The third kappa shape index (κ3) is 2.46. The number of hydrogen-bond donors (Lipinski definition) is 1. The summed E-state index contributed by atoms with van der Waals surface area (Å²) in [6.45, 7) is 1.77. The summed E-state index contributed by atoms with van der Waals surface area (Å²) in [6, 6.07) is 3.67. The van der Waals surface area contributed by atoms with Gasteiger partial charge in [0.25, 0.3) is 0 Å². The highest BCUT2D eigenvalue weighted by Gasteiger charge is 2.20. The van der Waals surface area contributed by atoms with Crippen molar-refractivity contribution >= 4 is 5.82 Å². The van der Waals surface area contributed by atoms with E-state index >= 15 is 0 Å². The molecule has 1 aromatic heterocycles. The Bertz CT molecular complexity index is 645. The maximum Gasteiger partial charge on any atom is 0.130 e. The third-order valence-corrected chi connectivity index (χ3v) is 3.53. The molecule has 0 spiro atoms. The van der Waals surface area contributed by atoms with Gasteiger partial charge >= 0.3 is 0 Å². The fraction of sp³-hybridized carbons (Fsp3) is 0.286. The largest absolute Gasteiger partial charge is 0.383 e. The fourth-order valence-electron chi connectivity index (χ4n) is 2.46. The second-order valence-corrected chi connectivity index (χ2v) is 4.88. The Morgan fingerprint density at radius 1 is 1.25 bits per heavy atom. The average molecular weight is 276 g/mol. The van der Waals surface area contributed by atoms with Crippen LogP contribution in [-0.4, -0.2) is 21.4 Å². The van der Waals surface area contributed by atoms with Crippen LogP contribution in [0.4, 0.5) is 14.6 Å². The number of hydrogen-bond acceptors (Lipinski definition) is 4. The molecule has 4 nitrogen and oxygen atoms in total. The Kier molecular flexibility index (Phi) is 3.31. The molecule has 2 heterocycles. The minimum absolute atomic E-state index is 0.426. The van der Waals surface area contributed by atoms with E-state index in [1.54, 1.807) is 0 Å². The normalized spacial score (nSPS) is 15.1. The van der Waals surface area contributed by atoms with Gasteiger partial charge in [0.15, 0.2) is 0 Å². The van der Waals surface area contributed by atoms with E-state index in [0.717, 1.165) is 30.3 Å². The molecule has 2 aromatic rings. The van der Waals surface area contributed by atoms with E-state index in [2.05, 4.69) is 14.9 Å². The number of aromatic nitrogens is 2. The molecule has 20 heavy (non-hydrogen) atoms. The van der Waals surface area contributed by atoms with Gasteiger partial charge in [0.2, 0.25) is 0 Å². The van der Waals surface area contributed by atoms with Crippen molar-refractivity contribution in [1.29, 1.82) is 0 Å². The number of anilines is 1. The first-order valence-corrected chi connectivity index (χ1v) is 6.38. The molecule has 0 saturated carbocycles. The monoisotopic (exact) mass is 276 g/mol. The van der Waals surface area contributed by atoms with Crippen molar-refractivity contribution in [3.8, 4) is 0 Å². The summed E-state index contributed by atoms with van der Waals surface area (Å²) >= 11 is 0. The van der Waals surface area contributed by atoms with E-state index in [9.17, 15) is 8.78 Å².